The van der Waals surface area contributed by atoms with Gasteiger partial charge in [0, 0.05) is 22.6 Å². The molecule has 1 heterocycles. The van der Waals surface area contributed by atoms with Crippen LogP contribution in [0.15, 0.2) is 41.5 Å². The first-order valence-corrected chi connectivity index (χ1v) is 18.3. The predicted molar refractivity (Wildman–Crippen MR) is 193 cm³/mol. The lowest BCUT2D eigenvalue weighted by Gasteiger charge is -2.68. The summed E-state index contributed by atoms with van der Waals surface area (Å²) < 4.78 is 0. The van der Waals surface area contributed by atoms with Gasteiger partial charge in [-0.3, -0.25) is 4.98 Å². The number of rotatable bonds is 4. The zero-order valence-corrected chi connectivity index (χ0v) is 30.4. The summed E-state index contributed by atoms with van der Waals surface area (Å²) in [5.74, 6) is 7.72. The summed E-state index contributed by atoms with van der Waals surface area (Å²) in [4.78, 5) is 5.23. The van der Waals surface area contributed by atoms with Gasteiger partial charge in [0.25, 0.3) is 0 Å². The lowest BCUT2D eigenvalue weighted by atomic mass is 9.35. The average molecular weight is 604 g/mol. The predicted octanol–water partition coefficient (Wildman–Crippen LogP) is 11.7. The Morgan fingerprint density at radius 3 is 2.31 bits per heavy atom. The molecule has 0 aromatic carbocycles. The number of allylic oxidation sites excluding steroid dienone is 6. The van der Waals surface area contributed by atoms with Gasteiger partial charge in [-0.15, -0.1) is 6.42 Å². The fraction of sp³-hybridized carbons (Fsp3) is 0.659. The molecule has 1 heteroatoms. The highest BCUT2D eigenvalue weighted by atomic mass is 14.8. The minimum absolute atomic E-state index is 0.0127. The Bertz CT molecular complexity index is 1540. The molecular formula is C44H61N. The minimum Gasteiger partial charge on any atom is -0.253 e. The average Bonchev–Trinajstić information content (AvgIpc) is 3.32. The van der Waals surface area contributed by atoms with E-state index in [-0.39, 0.29) is 16.7 Å². The molecule has 45 heavy (non-hydrogen) atoms. The van der Waals surface area contributed by atoms with Gasteiger partial charge in [0.15, 0.2) is 0 Å². The number of fused-ring (bicyclic) bond motifs is 5. The maximum Gasteiger partial charge on any atom is 0.0737 e. The van der Waals surface area contributed by atoms with Gasteiger partial charge in [-0.2, -0.15) is 0 Å². The quantitative estimate of drug-likeness (QED) is 0.312. The number of hydrogen-bond donors (Lipinski definition) is 0. The van der Waals surface area contributed by atoms with Crippen LogP contribution < -0.4 is 0 Å². The van der Waals surface area contributed by atoms with Crippen molar-refractivity contribution in [1.29, 1.82) is 0 Å². The summed E-state index contributed by atoms with van der Waals surface area (Å²) in [7, 11) is 0. The molecule has 1 nitrogen and oxygen atoms in total. The van der Waals surface area contributed by atoms with Crippen LogP contribution in [0.4, 0.5) is 0 Å². The summed E-state index contributed by atoms with van der Waals surface area (Å²) in [6.45, 7) is 33.4. The molecule has 3 saturated carbocycles. The van der Waals surface area contributed by atoms with Crippen LogP contribution in [0.3, 0.4) is 0 Å². The first-order valence-electron chi connectivity index (χ1n) is 18.3. The fourth-order valence-corrected chi connectivity index (χ4v) is 12.6. The number of pyridine rings is 1. The number of hydrogen-bond acceptors (Lipinski definition) is 1. The zero-order chi connectivity index (χ0) is 32.8. The van der Waals surface area contributed by atoms with Crippen LogP contribution in [0.5, 0.6) is 0 Å². The van der Waals surface area contributed by atoms with E-state index in [0.29, 0.717) is 17.3 Å². The molecule has 0 saturated heterocycles. The summed E-state index contributed by atoms with van der Waals surface area (Å²) in [6.07, 6.45) is 20.7. The van der Waals surface area contributed by atoms with E-state index in [9.17, 15) is 0 Å². The van der Waals surface area contributed by atoms with Crippen LogP contribution in [0.2, 0.25) is 0 Å². The largest absolute Gasteiger partial charge is 0.253 e. The van der Waals surface area contributed by atoms with Crippen molar-refractivity contribution in [2.45, 2.75) is 127 Å². The van der Waals surface area contributed by atoms with Gasteiger partial charge in [0.2, 0.25) is 0 Å². The van der Waals surface area contributed by atoms with Gasteiger partial charge in [-0.1, -0.05) is 70.9 Å². The molecule has 10 atom stereocenters. The smallest absolute Gasteiger partial charge is 0.0737 e. The highest BCUT2D eigenvalue weighted by molar-refractivity contribution is 5.82. The van der Waals surface area contributed by atoms with E-state index >= 15 is 0 Å². The van der Waals surface area contributed by atoms with Gasteiger partial charge < -0.3 is 0 Å². The maximum atomic E-state index is 6.49. The number of terminal acetylenes is 1. The lowest BCUT2D eigenvalue weighted by molar-refractivity contribution is -0.151. The Hall–Kier alpha value is -2.33. The van der Waals surface area contributed by atoms with Crippen molar-refractivity contribution in [3.05, 3.63) is 69.6 Å². The third-order valence-corrected chi connectivity index (χ3v) is 15.9. The fourth-order valence-electron chi connectivity index (χ4n) is 12.6. The van der Waals surface area contributed by atoms with Crippen LogP contribution in [0.25, 0.3) is 5.57 Å². The molecule has 3 fully saturated rings. The van der Waals surface area contributed by atoms with Crippen LogP contribution in [-0.4, -0.2) is 4.98 Å². The topological polar surface area (TPSA) is 12.9 Å². The normalized spacial score (nSPS) is 41.3. The molecule has 10 unspecified atom stereocenters. The van der Waals surface area contributed by atoms with Gasteiger partial charge in [0.1, 0.15) is 0 Å². The molecule has 5 aliphatic rings. The summed E-state index contributed by atoms with van der Waals surface area (Å²) in [5.41, 5.74) is 13.7. The van der Waals surface area contributed by atoms with E-state index in [1.165, 1.54) is 84.8 Å². The van der Waals surface area contributed by atoms with Crippen molar-refractivity contribution < 1.29 is 0 Å². The molecule has 0 radical (unpaired) electrons. The summed E-state index contributed by atoms with van der Waals surface area (Å²) in [6, 6.07) is 0. The zero-order valence-electron chi connectivity index (χ0n) is 30.4. The van der Waals surface area contributed by atoms with Crippen molar-refractivity contribution in [1.82, 2.24) is 4.98 Å². The van der Waals surface area contributed by atoms with Crippen molar-refractivity contribution >= 4 is 5.57 Å². The van der Waals surface area contributed by atoms with Gasteiger partial charge in [0.05, 0.1) is 5.69 Å². The van der Waals surface area contributed by atoms with Crippen molar-refractivity contribution in [3.63, 3.8) is 0 Å². The third kappa shape index (κ3) is 4.43. The minimum atomic E-state index is -0.0593. The highest BCUT2D eigenvalue weighted by Crippen LogP contribution is 2.74. The first-order chi connectivity index (χ1) is 21.1. The third-order valence-electron chi connectivity index (χ3n) is 15.9. The molecule has 1 aromatic rings. The van der Waals surface area contributed by atoms with E-state index in [0.717, 1.165) is 41.5 Å². The van der Waals surface area contributed by atoms with E-state index in [2.05, 4.69) is 87.8 Å². The standard InChI is InChI=1S/C44H61N/c1-14-34-24-37(41-30(8)28(6)29(7)32(10)45-41)31(9)44(13)40-18-19-42(11)35(23-33-20-25(3)36(15-2)26(4)21-33)16-17-39(42)38(40)22-27(5)43(34,44)12/h1,24,27,33-35,38-40H,3,9,15-23H2,2,4-8,10-13H3. The maximum absolute atomic E-state index is 6.49. The molecule has 5 aliphatic carbocycles. The van der Waals surface area contributed by atoms with E-state index in [4.69, 9.17) is 18.0 Å². The molecule has 0 spiro atoms. The monoisotopic (exact) mass is 603 g/mol. The summed E-state index contributed by atoms with van der Waals surface area (Å²) >= 11 is 0. The Morgan fingerprint density at radius 2 is 1.67 bits per heavy atom. The Labute approximate surface area is 276 Å². The summed E-state index contributed by atoms with van der Waals surface area (Å²) in [5, 5.41) is 0. The van der Waals surface area contributed by atoms with Crippen molar-refractivity contribution in [2.24, 2.45) is 57.7 Å². The second-order valence-electron chi connectivity index (χ2n) is 17.2. The highest BCUT2D eigenvalue weighted by Gasteiger charge is 2.67. The molecule has 0 bridgehead atoms. The second kappa shape index (κ2) is 11.1. The molecular weight excluding hydrogens is 542 g/mol. The van der Waals surface area contributed by atoms with E-state index in [1.54, 1.807) is 11.1 Å². The molecule has 0 aliphatic heterocycles. The molecule has 6 rings (SSSR count). The molecule has 1 aromatic heterocycles. The number of nitrogens with zero attached hydrogens (tertiary/aromatic N) is 1. The van der Waals surface area contributed by atoms with Crippen molar-refractivity contribution in [3.8, 4) is 12.3 Å². The lowest BCUT2D eigenvalue weighted by Crippen LogP contribution is -2.62. The van der Waals surface area contributed by atoms with Gasteiger partial charge in [-0.05, 0) is 167 Å². The van der Waals surface area contributed by atoms with Crippen LogP contribution in [0, 0.1) is 97.7 Å². The molecule has 0 amide bonds. The Balaban J connectivity index is 1.35. The van der Waals surface area contributed by atoms with E-state index < -0.39 is 0 Å². The van der Waals surface area contributed by atoms with Crippen LogP contribution in [-0.2, 0) is 0 Å². The molecule has 242 valence electrons. The second-order valence-corrected chi connectivity index (χ2v) is 17.2. The molecule has 0 N–H and O–H groups in total. The number of aromatic nitrogens is 1. The van der Waals surface area contributed by atoms with Crippen LogP contribution >= 0.6 is 0 Å². The Morgan fingerprint density at radius 1 is 0.956 bits per heavy atom. The van der Waals surface area contributed by atoms with Crippen molar-refractivity contribution in [2.75, 3.05) is 0 Å². The van der Waals surface area contributed by atoms with Gasteiger partial charge >= 0.3 is 0 Å². The Kier molecular flexibility index (Phi) is 8.07. The van der Waals surface area contributed by atoms with Crippen LogP contribution in [0.1, 0.15) is 127 Å². The van der Waals surface area contributed by atoms with E-state index in [1.807, 2.05) is 0 Å². The van der Waals surface area contributed by atoms with Gasteiger partial charge in [-0.25, -0.2) is 0 Å². The first kappa shape index (κ1) is 32.6. The number of aryl methyl sites for hydroxylation is 1. The SMILES string of the molecule is C#CC1C=C(c2nc(C)c(C)c(C)c2C)C(=C)C2(C)C3CCC4(C)C(CC5CC(=C)C(CC)=C(C)C5)CCC4C3CC(C)C12C.